The van der Waals surface area contributed by atoms with Gasteiger partial charge in [-0.25, -0.2) is 4.68 Å². The molecule has 6 nitrogen and oxygen atoms in total. The molecule has 1 aromatic rings. The molecule has 1 aromatic heterocycles. The minimum atomic E-state index is -0.161. The molecule has 0 spiro atoms. The van der Waals surface area contributed by atoms with E-state index in [1.165, 1.54) is 18.2 Å². The lowest BCUT2D eigenvalue weighted by Gasteiger charge is -2.36. The Morgan fingerprint density at radius 2 is 1.86 bits per heavy atom. The lowest BCUT2D eigenvalue weighted by atomic mass is 9.92. The first-order chi connectivity index (χ1) is 9.88. The van der Waals surface area contributed by atoms with Gasteiger partial charge in [0, 0.05) is 13.1 Å². The molecule has 7 heteroatoms. The van der Waals surface area contributed by atoms with Gasteiger partial charge in [0.25, 0.3) is 0 Å². The SMILES string of the molecule is CC1CC(C)CN(C(=O)C(C)Sc2nnnn2C(C)C)C1. The molecule has 118 valence electrons. The quantitative estimate of drug-likeness (QED) is 0.798. The van der Waals surface area contributed by atoms with E-state index in [1.54, 1.807) is 4.68 Å². The monoisotopic (exact) mass is 311 g/mol. The third-order valence-corrected chi connectivity index (χ3v) is 4.80. The van der Waals surface area contributed by atoms with E-state index in [0.29, 0.717) is 17.0 Å². The zero-order chi connectivity index (χ0) is 15.6. The summed E-state index contributed by atoms with van der Waals surface area (Å²) in [4.78, 5) is 14.6. The van der Waals surface area contributed by atoms with Crippen LogP contribution >= 0.6 is 11.8 Å². The lowest BCUT2D eigenvalue weighted by molar-refractivity contribution is -0.132. The summed E-state index contributed by atoms with van der Waals surface area (Å²) < 4.78 is 1.76. The van der Waals surface area contributed by atoms with Gasteiger partial charge in [0.15, 0.2) is 0 Å². The van der Waals surface area contributed by atoms with Crippen molar-refractivity contribution in [3.63, 3.8) is 0 Å². The first-order valence-corrected chi connectivity index (χ1v) is 8.49. The summed E-state index contributed by atoms with van der Waals surface area (Å²) in [5, 5.41) is 12.3. The van der Waals surface area contributed by atoms with Gasteiger partial charge in [0.2, 0.25) is 11.1 Å². The number of nitrogens with zero attached hydrogens (tertiary/aromatic N) is 5. The van der Waals surface area contributed by atoms with Gasteiger partial charge < -0.3 is 4.90 Å². The highest BCUT2D eigenvalue weighted by Gasteiger charge is 2.29. The average Bonchev–Trinajstić information content (AvgIpc) is 2.84. The maximum Gasteiger partial charge on any atom is 0.235 e. The maximum atomic E-state index is 12.6. The van der Waals surface area contributed by atoms with Gasteiger partial charge in [-0.3, -0.25) is 4.79 Å². The van der Waals surface area contributed by atoms with Crippen LogP contribution in [0.15, 0.2) is 5.16 Å². The molecular formula is C14H25N5OS. The summed E-state index contributed by atoms with van der Waals surface area (Å²) in [6.45, 7) is 12.2. The summed E-state index contributed by atoms with van der Waals surface area (Å²) in [6, 6.07) is 0.194. The lowest BCUT2D eigenvalue weighted by Crippen LogP contribution is -2.45. The van der Waals surface area contributed by atoms with Crippen molar-refractivity contribution in [3.05, 3.63) is 0 Å². The molecule has 21 heavy (non-hydrogen) atoms. The van der Waals surface area contributed by atoms with Crippen molar-refractivity contribution in [3.8, 4) is 0 Å². The van der Waals surface area contributed by atoms with Gasteiger partial charge in [-0.1, -0.05) is 25.6 Å². The first kappa shape index (κ1) is 16.3. The van der Waals surface area contributed by atoms with Gasteiger partial charge >= 0.3 is 0 Å². The number of hydrogen-bond donors (Lipinski definition) is 0. The number of amides is 1. The third kappa shape index (κ3) is 3.96. The first-order valence-electron chi connectivity index (χ1n) is 7.61. The minimum Gasteiger partial charge on any atom is -0.341 e. The average molecular weight is 311 g/mol. The van der Waals surface area contributed by atoms with Crippen molar-refractivity contribution >= 4 is 17.7 Å². The van der Waals surface area contributed by atoms with Crippen LogP contribution in [0.1, 0.15) is 47.1 Å². The Morgan fingerprint density at radius 1 is 1.24 bits per heavy atom. The van der Waals surface area contributed by atoms with E-state index in [-0.39, 0.29) is 17.2 Å². The second-order valence-corrected chi connectivity index (χ2v) is 7.76. The van der Waals surface area contributed by atoms with Gasteiger partial charge in [-0.15, -0.1) is 5.10 Å². The van der Waals surface area contributed by atoms with Gasteiger partial charge in [-0.05, 0) is 49.5 Å². The number of carbonyl (C=O) groups is 1. The number of piperidine rings is 1. The van der Waals surface area contributed by atoms with Crippen molar-refractivity contribution in [2.45, 2.75) is 57.5 Å². The second kappa shape index (κ2) is 6.77. The molecule has 0 N–H and O–H groups in total. The van der Waals surface area contributed by atoms with Crippen LogP contribution in [0.4, 0.5) is 0 Å². The zero-order valence-electron chi connectivity index (χ0n) is 13.5. The molecule has 1 amide bonds. The van der Waals surface area contributed by atoms with Crippen LogP contribution in [0.25, 0.3) is 0 Å². The summed E-state index contributed by atoms with van der Waals surface area (Å²) in [6.07, 6.45) is 1.21. The minimum absolute atomic E-state index is 0.161. The van der Waals surface area contributed by atoms with Gasteiger partial charge in [-0.2, -0.15) is 0 Å². The fourth-order valence-corrected chi connectivity index (χ4v) is 3.90. The van der Waals surface area contributed by atoms with Gasteiger partial charge in [0.1, 0.15) is 0 Å². The Labute approximate surface area is 130 Å². The number of carbonyl (C=O) groups excluding carboxylic acids is 1. The smallest absolute Gasteiger partial charge is 0.235 e. The van der Waals surface area contributed by atoms with Crippen molar-refractivity contribution in [1.82, 2.24) is 25.1 Å². The van der Waals surface area contributed by atoms with E-state index in [2.05, 4.69) is 29.4 Å². The standard InChI is InChI=1S/C14H25N5OS/c1-9(2)19-14(15-16-17-19)21-12(5)13(20)18-7-10(3)6-11(4)8-18/h9-12H,6-8H2,1-5H3. The summed E-state index contributed by atoms with van der Waals surface area (Å²) in [5.74, 6) is 1.35. The molecule has 0 aromatic carbocycles. The number of hydrogen-bond acceptors (Lipinski definition) is 5. The maximum absolute atomic E-state index is 12.6. The van der Waals surface area contributed by atoms with E-state index >= 15 is 0 Å². The summed E-state index contributed by atoms with van der Waals surface area (Å²) >= 11 is 1.45. The normalized spacial score (nSPS) is 24.4. The van der Waals surface area contributed by atoms with Crippen LogP contribution in [-0.4, -0.2) is 49.4 Å². The fourth-order valence-electron chi connectivity index (χ4n) is 2.90. The number of likely N-dealkylation sites (tertiary alicyclic amines) is 1. The number of tetrazole rings is 1. The zero-order valence-corrected chi connectivity index (χ0v) is 14.3. The van der Waals surface area contributed by atoms with Crippen molar-refractivity contribution in [1.29, 1.82) is 0 Å². The van der Waals surface area contributed by atoms with Crippen LogP contribution in [-0.2, 0) is 4.79 Å². The van der Waals surface area contributed by atoms with Crippen LogP contribution in [0, 0.1) is 11.8 Å². The molecule has 0 radical (unpaired) electrons. The molecule has 3 atom stereocenters. The number of aromatic nitrogens is 4. The Morgan fingerprint density at radius 3 is 2.43 bits per heavy atom. The van der Waals surface area contributed by atoms with E-state index < -0.39 is 0 Å². The van der Waals surface area contributed by atoms with E-state index in [4.69, 9.17) is 0 Å². The van der Waals surface area contributed by atoms with E-state index in [0.717, 1.165) is 13.1 Å². The van der Waals surface area contributed by atoms with Crippen LogP contribution in [0.3, 0.4) is 0 Å². The van der Waals surface area contributed by atoms with Crippen molar-refractivity contribution in [2.75, 3.05) is 13.1 Å². The van der Waals surface area contributed by atoms with E-state index in [1.807, 2.05) is 25.7 Å². The Balaban J connectivity index is 2.00. The summed E-state index contributed by atoms with van der Waals surface area (Å²) in [7, 11) is 0. The number of thioether (sulfide) groups is 1. The molecular weight excluding hydrogens is 286 g/mol. The molecule has 2 heterocycles. The predicted molar refractivity (Wildman–Crippen MR) is 83.0 cm³/mol. The van der Waals surface area contributed by atoms with Crippen LogP contribution in [0.2, 0.25) is 0 Å². The third-order valence-electron chi connectivity index (χ3n) is 3.76. The summed E-state index contributed by atoms with van der Waals surface area (Å²) in [5.41, 5.74) is 0. The Bertz CT molecular complexity index is 479. The van der Waals surface area contributed by atoms with Gasteiger partial charge in [0.05, 0.1) is 11.3 Å². The highest BCUT2D eigenvalue weighted by molar-refractivity contribution is 8.00. The molecule has 2 rings (SSSR count). The molecule has 0 bridgehead atoms. The fraction of sp³-hybridized carbons (Fsp3) is 0.857. The molecule has 1 aliphatic heterocycles. The van der Waals surface area contributed by atoms with Crippen LogP contribution in [0.5, 0.6) is 0 Å². The molecule has 0 saturated carbocycles. The molecule has 1 aliphatic rings. The second-order valence-electron chi connectivity index (χ2n) is 6.45. The Kier molecular flexibility index (Phi) is 5.24. The number of rotatable bonds is 4. The van der Waals surface area contributed by atoms with Crippen LogP contribution < -0.4 is 0 Å². The molecule has 0 aliphatic carbocycles. The van der Waals surface area contributed by atoms with Crippen molar-refractivity contribution in [2.24, 2.45) is 11.8 Å². The topological polar surface area (TPSA) is 63.9 Å². The highest BCUT2D eigenvalue weighted by Crippen LogP contribution is 2.27. The van der Waals surface area contributed by atoms with E-state index in [9.17, 15) is 4.79 Å². The predicted octanol–water partition coefficient (Wildman–Crippen LogP) is 2.24. The molecule has 1 fully saturated rings. The highest BCUT2D eigenvalue weighted by atomic mass is 32.2. The van der Waals surface area contributed by atoms with Crippen molar-refractivity contribution < 1.29 is 4.79 Å². The largest absolute Gasteiger partial charge is 0.341 e. The Hall–Kier alpha value is -1.11. The molecule has 3 unspecified atom stereocenters. The molecule has 1 saturated heterocycles.